The Hall–Kier alpha value is -2.09. The van der Waals surface area contributed by atoms with Gasteiger partial charge >= 0.3 is 0 Å². The summed E-state index contributed by atoms with van der Waals surface area (Å²) >= 11 is 0. The Morgan fingerprint density at radius 2 is 1.93 bits per heavy atom. The molecule has 0 spiro atoms. The molecule has 3 N–H and O–H groups in total. The average Bonchev–Trinajstić information content (AvgIpc) is 2.60. The third-order valence-corrected chi connectivity index (χ3v) is 6.05. The lowest BCUT2D eigenvalue weighted by Gasteiger charge is -2.26. The Morgan fingerprint density at radius 3 is 2.63 bits per heavy atom. The zero-order valence-electron chi connectivity index (χ0n) is 15.3. The SMILES string of the molecule is CN(C)C(=O)c1cccc(S(=O)(=O)NC2CCCc3cc(N)ccc32)c1.Cl. The maximum Gasteiger partial charge on any atom is 0.253 e. The van der Waals surface area contributed by atoms with Gasteiger partial charge in [-0.1, -0.05) is 12.1 Å². The Kier molecular flexibility index (Phi) is 6.51. The van der Waals surface area contributed by atoms with Gasteiger partial charge in [-0.25, -0.2) is 13.1 Å². The van der Waals surface area contributed by atoms with Crippen LogP contribution >= 0.6 is 12.4 Å². The van der Waals surface area contributed by atoms with Gasteiger partial charge in [-0.3, -0.25) is 4.79 Å². The summed E-state index contributed by atoms with van der Waals surface area (Å²) < 4.78 is 28.5. The minimum atomic E-state index is -3.75. The molecule has 6 nitrogen and oxygen atoms in total. The number of rotatable bonds is 4. The molecule has 8 heteroatoms. The molecular weight excluding hydrogens is 386 g/mol. The van der Waals surface area contributed by atoms with Gasteiger partial charge in [0.25, 0.3) is 5.91 Å². The van der Waals surface area contributed by atoms with Gasteiger partial charge in [0.2, 0.25) is 10.0 Å². The highest BCUT2D eigenvalue weighted by Crippen LogP contribution is 2.32. The number of hydrogen-bond donors (Lipinski definition) is 2. The smallest absolute Gasteiger partial charge is 0.253 e. The number of fused-ring (bicyclic) bond motifs is 1. The number of nitrogens with one attached hydrogen (secondary N) is 1. The molecule has 1 amide bonds. The number of benzene rings is 2. The first-order chi connectivity index (χ1) is 12.3. The molecule has 2 aromatic carbocycles. The highest BCUT2D eigenvalue weighted by molar-refractivity contribution is 7.89. The summed E-state index contributed by atoms with van der Waals surface area (Å²) in [4.78, 5) is 13.6. The molecule has 1 aliphatic carbocycles. The van der Waals surface area contributed by atoms with Crippen LogP contribution in [0.4, 0.5) is 5.69 Å². The van der Waals surface area contributed by atoms with Gasteiger partial charge in [0, 0.05) is 31.4 Å². The maximum absolute atomic E-state index is 12.9. The zero-order chi connectivity index (χ0) is 18.9. The monoisotopic (exact) mass is 409 g/mol. The standard InChI is InChI=1S/C19H23N3O3S.ClH/c1-22(2)19(23)14-6-3-7-16(12-14)26(24,25)21-18-8-4-5-13-11-15(20)9-10-17(13)18;/h3,6-7,9-12,18,21H,4-5,8,20H2,1-2H3;1H. The first-order valence-corrected chi connectivity index (χ1v) is 9.98. The van der Waals surface area contributed by atoms with E-state index in [-0.39, 0.29) is 29.3 Å². The first kappa shape index (κ1) is 21.2. The van der Waals surface area contributed by atoms with Crippen molar-refractivity contribution in [1.29, 1.82) is 0 Å². The lowest BCUT2D eigenvalue weighted by molar-refractivity contribution is 0.0827. The molecule has 1 atom stereocenters. The van der Waals surface area contributed by atoms with E-state index < -0.39 is 10.0 Å². The van der Waals surface area contributed by atoms with Gasteiger partial charge in [-0.05, 0) is 60.7 Å². The van der Waals surface area contributed by atoms with Crippen molar-refractivity contribution in [2.24, 2.45) is 0 Å². The lowest BCUT2D eigenvalue weighted by Crippen LogP contribution is -2.31. The van der Waals surface area contributed by atoms with E-state index in [4.69, 9.17) is 5.73 Å². The molecule has 1 aliphatic rings. The molecule has 0 heterocycles. The van der Waals surface area contributed by atoms with Crippen molar-refractivity contribution in [2.75, 3.05) is 19.8 Å². The molecule has 146 valence electrons. The van der Waals surface area contributed by atoms with Crippen molar-refractivity contribution < 1.29 is 13.2 Å². The largest absolute Gasteiger partial charge is 0.399 e. The fourth-order valence-corrected chi connectivity index (χ4v) is 4.56. The van der Waals surface area contributed by atoms with E-state index in [0.717, 1.165) is 30.4 Å². The third-order valence-electron chi connectivity index (χ3n) is 4.58. The van der Waals surface area contributed by atoms with Crippen molar-refractivity contribution in [3.05, 3.63) is 59.2 Å². The Labute approximate surface area is 166 Å². The predicted molar refractivity (Wildman–Crippen MR) is 109 cm³/mol. The number of halogens is 1. The van der Waals surface area contributed by atoms with Gasteiger partial charge in [0.05, 0.1) is 4.90 Å². The van der Waals surface area contributed by atoms with E-state index in [2.05, 4.69) is 4.72 Å². The second kappa shape index (κ2) is 8.29. The van der Waals surface area contributed by atoms with Crippen molar-refractivity contribution >= 4 is 34.0 Å². The molecule has 0 aromatic heterocycles. The quantitative estimate of drug-likeness (QED) is 0.759. The van der Waals surface area contributed by atoms with Crippen molar-refractivity contribution in [1.82, 2.24) is 9.62 Å². The molecular formula is C19H24ClN3O3S. The number of aryl methyl sites for hydroxylation is 1. The third kappa shape index (κ3) is 4.61. The zero-order valence-corrected chi connectivity index (χ0v) is 16.9. The molecule has 0 saturated carbocycles. The van der Waals surface area contributed by atoms with Crippen LogP contribution in [0.3, 0.4) is 0 Å². The highest BCUT2D eigenvalue weighted by Gasteiger charge is 2.26. The van der Waals surface area contributed by atoms with Crippen LogP contribution in [0.5, 0.6) is 0 Å². The van der Waals surface area contributed by atoms with Gasteiger partial charge in [-0.2, -0.15) is 0 Å². The number of carbonyl (C=O) groups excluding carboxylic acids is 1. The van der Waals surface area contributed by atoms with Crippen LogP contribution in [-0.2, 0) is 16.4 Å². The van der Waals surface area contributed by atoms with Crippen LogP contribution < -0.4 is 10.5 Å². The maximum atomic E-state index is 12.9. The summed E-state index contributed by atoms with van der Waals surface area (Å²) in [5.74, 6) is -0.236. The number of anilines is 1. The van der Waals surface area contributed by atoms with Gasteiger partial charge < -0.3 is 10.6 Å². The van der Waals surface area contributed by atoms with Gasteiger partial charge in [0.15, 0.2) is 0 Å². The fraction of sp³-hybridized carbons (Fsp3) is 0.316. The van der Waals surface area contributed by atoms with E-state index in [1.54, 1.807) is 32.3 Å². The molecule has 27 heavy (non-hydrogen) atoms. The van der Waals surface area contributed by atoms with Crippen molar-refractivity contribution in [2.45, 2.75) is 30.2 Å². The van der Waals surface area contributed by atoms with E-state index in [1.165, 1.54) is 17.0 Å². The topological polar surface area (TPSA) is 92.5 Å². The number of carbonyl (C=O) groups is 1. The van der Waals surface area contributed by atoms with E-state index >= 15 is 0 Å². The second-order valence-electron chi connectivity index (χ2n) is 6.75. The number of sulfonamides is 1. The van der Waals surface area contributed by atoms with Gasteiger partial charge in [-0.15, -0.1) is 12.4 Å². The highest BCUT2D eigenvalue weighted by atomic mass is 35.5. The fourth-order valence-electron chi connectivity index (χ4n) is 3.27. The molecule has 0 aliphatic heterocycles. The van der Waals surface area contributed by atoms with E-state index in [1.807, 2.05) is 12.1 Å². The molecule has 3 rings (SSSR count). The summed E-state index contributed by atoms with van der Waals surface area (Å²) in [5, 5.41) is 0. The normalized spacial score (nSPS) is 16.1. The number of amides is 1. The Morgan fingerprint density at radius 1 is 1.19 bits per heavy atom. The second-order valence-corrected chi connectivity index (χ2v) is 8.47. The van der Waals surface area contributed by atoms with Crippen molar-refractivity contribution in [3.63, 3.8) is 0 Å². The van der Waals surface area contributed by atoms with Crippen LogP contribution in [0.15, 0.2) is 47.4 Å². The minimum Gasteiger partial charge on any atom is -0.399 e. The van der Waals surface area contributed by atoms with Crippen molar-refractivity contribution in [3.8, 4) is 0 Å². The molecule has 0 fully saturated rings. The summed E-state index contributed by atoms with van der Waals surface area (Å²) in [7, 11) is -0.484. The molecule has 0 bridgehead atoms. The summed E-state index contributed by atoms with van der Waals surface area (Å²) in [6.45, 7) is 0. The molecule has 2 aromatic rings. The van der Waals surface area contributed by atoms with Crippen LogP contribution in [0, 0.1) is 0 Å². The number of nitrogens with two attached hydrogens (primary N) is 1. The summed E-state index contributed by atoms with van der Waals surface area (Å²) in [6, 6.07) is 11.4. The van der Waals surface area contributed by atoms with Crippen LogP contribution in [0.1, 0.15) is 40.4 Å². The Bertz CT molecular complexity index is 945. The summed E-state index contributed by atoms with van der Waals surface area (Å²) in [6.07, 6.45) is 2.51. The molecule has 0 radical (unpaired) electrons. The summed E-state index contributed by atoms with van der Waals surface area (Å²) in [5.41, 5.74) is 8.92. The predicted octanol–water partition coefficient (Wildman–Crippen LogP) is 2.75. The number of nitrogens with zero attached hydrogens (tertiary/aromatic N) is 1. The Balaban J connectivity index is 0.00000261. The lowest BCUT2D eigenvalue weighted by atomic mass is 9.88. The minimum absolute atomic E-state index is 0. The molecule has 0 saturated heterocycles. The first-order valence-electron chi connectivity index (χ1n) is 8.50. The molecule has 1 unspecified atom stereocenters. The van der Waals surface area contributed by atoms with Gasteiger partial charge in [0.1, 0.15) is 0 Å². The average molecular weight is 410 g/mol. The van der Waals surface area contributed by atoms with Crippen LogP contribution in [-0.4, -0.2) is 33.3 Å². The number of nitrogen functional groups attached to an aromatic ring is 1. The number of hydrogen-bond acceptors (Lipinski definition) is 4. The van der Waals surface area contributed by atoms with Crippen LogP contribution in [0.2, 0.25) is 0 Å². The van der Waals surface area contributed by atoms with E-state index in [0.29, 0.717) is 11.3 Å². The van der Waals surface area contributed by atoms with Crippen LogP contribution in [0.25, 0.3) is 0 Å². The van der Waals surface area contributed by atoms with E-state index in [9.17, 15) is 13.2 Å².